The van der Waals surface area contributed by atoms with Gasteiger partial charge in [-0.2, -0.15) is 0 Å². The van der Waals surface area contributed by atoms with Crippen molar-refractivity contribution in [3.8, 4) is 0 Å². The molecule has 0 spiro atoms. The number of nitrogens with zero attached hydrogens (tertiary/aromatic N) is 1. The zero-order valence-corrected chi connectivity index (χ0v) is 13.0. The molecule has 2 N–H and O–H groups in total. The third-order valence-corrected chi connectivity index (χ3v) is 4.07. The molecule has 1 unspecified atom stereocenters. The SMILES string of the molecule is CCOC(=O)c1cccc(N2CCCC(C)(OC)C2)c1N. The number of carbonyl (C=O) groups excluding carboxylic acids is 1. The molecule has 0 amide bonds. The van der Waals surface area contributed by atoms with Gasteiger partial charge in [0.1, 0.15) is 0 Å². The number of hydrogen-bond acceptors (Lipinski definition) is 5. The first-order chi connectivity index (χ1) is 10.0. The molecule has 0 bridgehead atoms. The van der Waals surface area contributed by atoms with Crippen molar-refractivity contribution < 1.29 is 14.3 Å². The molecule has 116 valence electrons. The van der Waals surface area contributed by atoms with E-state index in [1.165, 1.54) is 0 Å². The second-order valence-corrected chi connectivity index (χ2v) is 5.64. The zero-order valence-electron chi connectivity index (χ0n) is 13.0. The van der Waals surface area contributed by atoms with Gasteiger partial charge in [-0.25, -0.2) is 4.79 Å². The predicted molar refractivity (Wildman–Crippen MR) is 83.7 cm³/mol. The van der Waals surface area contributed by atoms with Crippen molar-refractivity contribution in [1.82, 2.24) is 0 Å². The van der Waals surface area contributed by atoms with E-state index in [2.05, 4.69) is 11.8 Å². The van der Waals surface area contributed by atoms with Crippen LogP contribution in [0.5, 0.6) is 0 Å². The summed E-state index contributed by atoms with van der Waals surface area (Å²) in [5.74, 6) is -0.372. The van der Waals surface area contributed by atoms with Crippen LogP contribution in [-0.4, -0.2) is 38.4 Å². The summed E-state index contributed by atoms with van der Waals surface area (Å²) in [6.07, 6.45) is 2.06. The number of para-hydroxylation sites is 1. The van der Waals surface area contributed by atoms with Gasteiger partial charge in [0.05, 0.1) is 29.1 Å². The van der Waals surface area contributed by atoms with Crippen molar-refractivity contribution in [3.63, 3.8) is 0 Å². The van der Waals surface area contributed by atoms with Crippen LogP contribution in [-0.2, 0) is 9.47 Å². The number of hydrogen-bond donors (Lipinski definition) is 1. The number of benzene rings is 1. The molecule has 21 heavy (non-hydrogen) atoms. The average molecular weight is 292 g/mol. The maximum Gasteiger partial charge on any atom is 0.340 e. The quantitative estimate of drug-likeness (QED) is 0.682. The molecule has 0 saturated carbocycles. The minimum Gasteiger partial charge on any atom is -0.462 e. The third-order valence-electron chi connectivity index (χ3n) is 4.07. The molecule has 1 aromatic carbocycles. The first kappa shape index (κ1) is 15.6. The van der Waals surface area contributed by atoms with Gasteiger partial charge < -0.3 is 20.1 Å². The molecule has 1 heterocycles. The number of nitrogens with two attached hydrogens (primary N) is 1. The molecule has 1 aromatic rings. The normalized spacial score (nSPS) is 22.1. The van der Waals surface area contributed by atoms with Gasteiger partial charge in [0.2, 0.25) is 0 Å². The van der Waals surface area contributed by atoms with Gasteiger partial charge in [-0.15, -0.1) is 0 Å². The minimum atomic E-state index is -0.372. The molecule has 1 atom stereocenters. The van der Waals surface area contributed by atoms with Gasteiger partial charge >= 0.3 is 5.97 Å². The molecule has 5 nitrogen and oxygen atoms in total. The Kier molecular flexibility index (Phi) is 4.73. The summed E-state index contributed by atoms with van der Waals surface area (Å²) in [4.78, 5) is 14.1. The number of carbonyl (C=O) groups is 1. The standard InChI is InChI=1S/C16H24N2O3/c1-4-21-15(19)12-7-5-8-13(14(12)17)18-10-6-9-16(2,11-18)20-3/h5,7-8H,4,6,9-11,17H2,1-3H3. The second kappa shape index (κ2) is 6.35. The number of rotatable bonds is 4. The van der Waals surface area contributed by atoms with Crippen LogP contribution in [0.3, 0.4) is 0 Å². The lowest BCUT2D eigenvalue weighted by atomic mass is 9.94. The molecule has 2 rings (SSSR count). The third kappa shape index (κ3) is 3.29. The summed E-state index contributed by atoms with van der Waals surface area (Å²) in [5, 5.41) is 0. The average Bonchev–Trinajstić information content (AvgIpc) is 2.47. The van der Waals surface area contributed by atoms with Gasteiger partial charge in [0.25, 0.3) is 0 Å². The van der Waals surface area contributed by atoms with E-state index in [9.17, 15) is 4.79 Å². The van der Waals surface area contributed by atoms with E-state index in [1.807, 2.05) is 12.1 Å². The molecule has 5 heteroatoms. The first-order valence-electron chi connectivity index (χ1n) is 7.36. The smallest absolute Gasteiger partial charge is 0.340 e. The number of anilines is 2. The first-order valence-corrected chi connectivity index (χ1v) is 7.36. The Bertz CT molecular complexity index is 518. The van der Waals surface area contributed by atoms with E-state index in [-0.39, 0.29) is 11.6 Å². The lowest BCUT2D eigenvalue weighted by Crippen LogP contribution is -2.47. The van der Waals surface area contributed by atoms with Crippen LogP contribution in [0.25, 0.3) is 0 Å². The Morgan fingerprint density at radius 1 is 1.48 bits per heavy atom. The Labute approximate surface area is 126 Å². The molecule has 1 aliphatic heterocycles. The molecule has 0 aliphatic carbocycles. The maximum atomic E-state index is 11.9. The minimum absolute atomic E-state index is 0.176. The van der Waals surface area contributed by atoms with Crippen LogP contribution in [0, 0.1) is 0 Å². The fourth-order valence-corrected chi connectivity index (χ4v) is 2.79. The van der Waals surface area contributed by atoms with Crippen molar-refractivity contribution in [2.45, 2.75) is 32.3 Å². The van der Waals surface area contributed by atoms with Crippen LogP contribution in [0.1, 0.15) is 37.0 Å². The van der Waals surface area contributed by atoms with Crippen LogP contribution < -0.4 is 10.6 Å². The summed E-state index contributed by atoms with van der Waals surface area (Å²) in [6.45, 7) is 5.90. The Hall–Kier alpha value is -1.75. The van der Waals surface area contributed by atoms with Crippen molar-refractivity contribution in [3.05, 3.63) is 23.8 Å². The highest BCUT2D eigenvalue weighted by Gasteiger charge is 2.32. The largest absolute Gasteiger partial charge is 0.462 e. The van der Waals surface area contributed by atoms with Crippen LogP contribution >= 0.6 is 0 Å². The highest BCUT2D eigenvalue weighted by atomic mass is 16.5. The highest BCUT2D eigenvalue weighted by molar-refractivity contribution is 5.98. The lowest BCUT2D eigenvalue weighted by Gasteiger charge is -2.41. The van der Waals surface area contributed by atoms with Gasteiger partial charge in [0, 0.05) is 20.2 Å². The molecule has 0 radical (unpaired) electrons. The summed E-state index contributed by atoms with van der Waals surface area (Å²) < 4.78 is 10.7. The maximum absolute atomic E-state index is 11.9. The van der Waals surface area contributed by atoms with Gasteiger partial charge in [-0.05, 0) is 38.8 Å². The monoisotopic (exact) mass is 292 g/mol. The van der Waals surface area contributed by atoms with Crippen molar-refractivity contribution >= 4 is 17.3 Å². The van der Waals surface area contributed by atoms with Crippen LogP contribution in [0.4, 0.5) is 11.4 Å². The van der Waals surface area contributed by atoms with Gasteiger partial charge in [-0.1, -0.05) is 6.07 Å². The van der Waals surface area contributed by atoms with Gasteiger partial charge in [0.15, 0.2) is 0 Å². The summed E-state index contributed by atoms with van der Waals surface area (Å²) in [6, 6.07) is 5.49. The van der Waals surface area contributed by atoms with Crippen LogP contribution in [0.2, 0.25) is 0 Å². The Balaban J connectivity index is 2.28. The van der Waals surface area contributed by atoms with E-state index >= 15 is 0 Å². The lowest BCUT2D eigenvalue weighted by molar-refractivity contribution is -0.00462. The summed E-state index contributed by atoms with van der Waals surface area (Å²) in [7, 11) is 1.74. The summed E-state index contributed by atoms with van der Waals surface area (Å²) >= 11 is 0. The number of esters is 1. The molecule has 0 aromatic heterocycles. The fourth-order valence-electron chi connectivity index (χ4n) is 2.79. The molecular formula is C16H24N2O3. The van der Waals surface area contributed by atoms with Crippen molar-refractivity contribution in [2.75, 3.05) is 37.4 Å². The van der Waals surface area contributed by atoms with Crippen LogP contribution in [0.15, 0.2) is 18.2 Å². The van der Waals surface area contributed by atoms with E-state index in [0.29, 0.717) is 17.9 Å². The van der Waals surface area contributed by atoms with Crippen molar-refractivity contribution in [1.29, 1.82) is 0 Å². The highest BCUT2D eigenvalue weighted by Crippen LogP contribution is 2.33. The predicted octanol–water partition coefficient (Wildman–Crippen LogP) is 2.45. The topological polar surface area (TPSA) is 64.8 Å². The molecular weight excluding hydrogens is 268 g/mol. The number of nitrogen functional groups attached to an aromatic ring is 1. The van der Waals surface area contributed by atoms with E-state index in [4.69, 9.17) is 15.2 Å². The Morgan fingerprint density at radius 3 is 2.90 bits per heavy atom. The zero-order chi connectivity index (χ0) is 15.5. The second-order valence-electron chi connectivity index (χ2n) is 5.64. The number of ether oxygens (including phenoxy) is 2. The van der Waals surface area contributed by atoms with E-state index in [1.54, 1.807) is 20.1 Å². The number of methoxy groups -OCH3 is 1. The van der Waals surface area contributed by atoms with Gasteiger partial charge in [-0.3, -0.25) is 0 Å². The molecule has 1 aliphatic rings. The summed E-state index contributed by atoms with van der Waals surface area (Å²) in [5.41, 5.74) is 7.81. The Morgan fingerprint density at radius 2 is 2.24 bits per heavy atom. The molecule has 1 saturated heterocycles. The van der Waals surface area contributed by atoms with Crippen molar-refractivity contribution in [2.24, 2.45) is 0 Å². The molecule has 1 fully saturated rings. The number of piperidine rings is 1. The fraction of sp³-hybridized carbons (Fsp3) is 0.562. The van der Waals surface area contributed by atoms with E-state index in [0.717, 1.165) is 31.6 Å². The van der Waals surface area contributed by atoms with E-state index < -0.39 is 0 Å².